The first kappa shape index (κ1) is 24.7. The van der Waals surface area contributed by atoms with Crippen molar-refractivity contribution in [3.05, 3.63) is 71.7 Å². The highest BCUT2D eigenvalue weighted by Crippen LogP contribution is 2.31. The van der Waals surface area contributed by atoms with Crippen LogP contribution >= 0.6 is 11.8 Å². The van der Waals surface area contributed by atoms with Crippen LogP contribution in [0.1, 0.15) is 41.6 Å². The number of hydrogen-bond acceptors (Lipinski definition) is 6. The minimum Gasteiger partial charge on any atom is -0.437 e. The molecule has 2 N–H and O–H groups in total. The van der Waals surface area contributed by atoms with Gasteiger partial charge in [-0.05, 0) is 79.9 Å². The Labute approximate surface area is 225 Å². The van der Waals surface area contributed by atoms with Crippen molar-refractivity contribution in [1.29, 1.82) is 0 Å². The second kappa shape index (κ2) is 10.6. The highest BCUT2D eigenvalue weighted by Gasteiger charge is 2.25. The summed E-state index contributed by atoms with van der Waals surface area (Å²) < 4.78 is 21.5. The third-order valence-corrected chi connectivity index (χ3v) is 8.11. The maximum atomic E-state index is 13.8. The predicted molar refractivity (Wildman–Crippen MR) is 149 cm³/mol. The molecular weight excluding hydrogens is 501 g/mol. The van der Waals surface area contributed by atoms with Crippen molar-refractivity contribution in [2.75, 3.05) is 23.4 Å². The van der Waals surface area contributed by atoms with Crippen LogP contribution in [0.2, 0.25) is 0 Å². The van der Waals surface area contributed by atoms with E-state index >= 15 is 0 Å². The summed E-state index contributed by atoms with van der Waals surface area (Å²) in [5.74, 6) is 3.27. The van der Waals surface area contributed by atoms with Gasteiger partial charge in [0.2, 0.25) is 5.88 Å². The molecule has 1 amide bonds. The fraction of sp³-hybridized carbons (Fsp3) is 0.345. The van der Waals surface area contributed by atoms with Crippen molar-refractivity contribution in [3.63, 3.8) is 0 Å². The molecule has 7 nitrogen and oxygen atoms in total. The summed E-state index contributed by atoms with van der Waals surface area (Å²) in [5.41, 5.74) is 4.72. The summed E-state index contributed by atoms with van der Waals surface area (Å²) in [4.78, 5) is 17.3. The van der Waals surface area contributed by atoms with Gasteiger partial charge in [0, 0.05) is 35.8 Å². The van der Waals surface area contributed by atoms with E-state index in [-0.39, 0.29) is 11.7 Å². The molecule has 1 saturated heterocycles. The van der Waals surface area contributed by atoms with Gasteiger partial charge in [-0.15, -0.1) is 5.10 Å². The topological polar surface area (TPSA) is 80.6 Å². The first-order chi connectivity index (χ1) is 18.5. The number of amides is 1. The predicted octanol–water partition coefficient (Wildman–Crippen LogP) is 6.08. The lowest BCUT2D eigenvalue weighted by molar-refractivity contribution is 0.0950. The Kier molecular flexibility index (Phi) is 6.93. The molecule has 0 unspecified atom stereocenters. The van der Waals surface area contributed by atoms with E-state index < -0.39 is 0 Å². The number of anilines is 1. The molecule has 3 heterocycles. The molecule has 9 heteroatoms. The number of nitrogens with one attached hydrogen (secondary N) is 2. The Morgan fingerprint density at radius 2 is 1.97 bits per heavy atom. The van der Waals surface area contributed by atoms with E-state index in [1.165, 1.54) is 36.5 Å². The molecule has 0 atom stereocenters. The van der Waals surface area contributed by atoms with Crippen molar-refractivity contribution in [1.82, 2.24) is 19.9 Å². The monoisotopic (exact) mass is 531 g/mol. The van der Waals surface area contributed by atoms with Crippen molar-refractivity contribution < 1.29 is 13.9 Å². The lowest BCUT2D eigenvalue weighted by atomic mass is 10.0. The number of carbonyl (C=O) groups is 1. The maximum absolute atomic E-state index is 13.8. The second-order valence-corrected chi connectivity index (χ2v) is 11.3. The Hall–Kier alpha value is -3.59. The summed E-state index contributed by atoms with van der Waals surface area (Å²) in [6, 6.07) is 13.9. The van der Waals surface area contributed by atoms with Crippen LogP contribution in [0.15, 0.2) is 54.7 Å². The van der Waals surface area contributed by atoms with Crippen LogP contribution in [0.4, 0.5) is 10.1 Å². The van der Waals surface area contributed by atoms with Crippen molar-refractivity contribution in [3.8, 4) is 22.9 Å². The Bertz CT molecular complexity index is 1480. The zero-order chi connectivity index (χ0) is 26.1. The molecule has 0 radical (unpaired) electrons. The van der Waals surface area contributed by atoms with Crippen LogP contribution in [-0.2, 0) is 0 Å². The standard InChI is InChI=1S/C29H30FN5O2S/c1-18-13-20(5-8-24(18)29(36)33-22-6-7-22)26-17-32-28-25(31-16-19-9-11-38-12-10-19)15-27(34-35(26)28)37-23-4-2-3-21(30)14-23/h2-5,8,13-15,17,19,22,31H,6-7,9-12,16H2,1H3,(H,33,36). The van der Waals surface area contributed by atoms with Gasteiger partial charge in [0.25, 0.3) is 5.91 Å². The van der Waals surface area contributed by atoms with Gasteiger partial charge in [0.15, 0.2) is 5.65 Å². The van der Waals surface area contributed by atoms with Crippen molar-refractivity contribution in [2.24, 2.45) is 5.92 Å². The van der Waals surface area contributed by atoms with E-state index in [1.807, 2.05) is 43.0 Å². The lowest BCUT2D eigenvalue weighted by Gasteiger charge is -2.22. The van der Waals surface area contributed by atoms with Gasteiger partial charge in [-0.25, -0.2) is 13.9 Å². The number of thioether (sulfide) groups is 1. The van der Waals surface area contributed by atoms with Crippen molar-refractivity contribution >= 4 is 29.0 Å². The average molecular weight is 532 g/mol. The number of aromatic nitrogens is 3. The summed E-state index contributed by atoms with van der Waals surface area (Å²) in [7, 11) is 0. The molecule has 4 aromatic rings. The molecule has 2 aliphatic rings. The van der Waals surface area contributed by atoms with Crippen LogP contribution in [0.5, 0.6) is 11.6 Å². The molecule has 1 aliphatic heterocycles. The molecule has 0 spiro atoms. The molecule has 2 aromatic carbocycles. The molecule has 0 bridgehead atoms. The fourth-order valence-electron chi connectivity index (χ4n) is 4.75. The molecule has 38 heavy (non-hydrogen) atoms. The second-order valence-electron chi connectivity index (χ2n) is 10.0. The molecule has 196 valence electrons. The molecule has 2 aromatic heterocycles. The van der Waals surface area contributed by atoms with E-state index in [4.69, 9.17) is 14.8 Å². The minimum atomic E-state index is -0.373. The minimum absolute atomic E-state index is 0.0359. The van der Waals surface area contributed by atoms with Gasteiger partial charge < -0.3 is 15.4 Å². The summed E-state index contributed by atoms with van der Waals surface area (Å²) in [6.45, 7) is 2.78. The van der Waals surface area contributed by atoms with Crippen LogP contribution in [0, 0.1) is 18.7 Å². The first-order valence-electron chi connectivity index (χ1n) is 13.1. The third-order valence-electron chi connectivity index (χ3n) is 7.07. The third kappa shape index (κ3) is 5.48. The number of rotatable bonds is 8. The van der Waals surface area contributed by atoms with E-state index in [1.54, 1.807) is 22.8 Å². The number of imidazole rings is 1. The highest BCUT2D eigenvalue weighted by molar-refractivity contribution is 7.99. The van der Waals surface area contributed by atoms with Gasteiger partial charge in [0.1, 0.15) is 11.6 Å². The smallest absolute Gasteiger partial charge is 0.251 e. The molecular formula is C29H30FN5O2S. The largest absolute Gasteiger partial charge is 0.437 e. The van der Waals surface area contributed by atoms with E-state index in [0.717, 1.165) is 41.9 Å². The number of fused-ring (bicyclic) bond motifs is 1. The van der Waals surface area contributed by atoms with E-state index in [2.05, 4.69) is 10.6 Å². The summed E-state index contributed by atoms with van der Waals surface area (Å²) in [5, 5.41) is 11.3. The molecule has 1 aliphatic carbocycles. The SMILES string of the molecule is Cc1cc(-c2cnc3c(NCC4CCSCC4)cc(Oc4cccc(F)c4)nn23)ccc1C(=O)NC1CC1. The fourth-order valence-corrected chi connectivity index (χ4v) is 5.95. The van der Waals surface area contributed by atoms with E-state index in [0.29, 0.717) is 34.8 Å². The first-order valence-corrected chi connectivity index (χ1v) is 14.2. The Morgan fingerprint density at radius 1 is 1.13 bits per heavy atom. The van der Waals surface area contributed by atoms with Crippen LogP contribution in [0.25, 0.3) is 16.9 Å². The van der Waals surface area contributed by atoms with Gasteiger partial charge in [-0.2, -0.15) is 11.8 Å². The van der Waals surface area contributed by atoms with Crippen LogP contribution in [-0.4, -0.2) is 44.6 Å². The highest BCUT2D eigenvalue weighted by atomic mass is 32.2. The van der Waals surface area contributed by atoms with E-state index in [9.17, 15) is 9.18 Å². The van der Waals surface area contributed by atoms with Gasteiger partial charge in [-0.3, -0.25) is 4.79 Å². The van der Waals surface area contributed by atoms with Crippen molar-refractivity contribution in [2.45, 2.75) is 38.6 Å². The molecule has 2 fully saturated rings. The summed E-state index contributed by atoms with van der Waals surface area (Å²) in [6.07, 6.45) is 6.25. The Balaban J connectivity index is 1.35. The summed E-state index contributed by atoms with van der Waals surface area (Å²) >= 11 is 2.01. The normalized spacial score (nSPS) is 15.9. The lowest BCUT2D eigenvalue weighted by Crippen LogP contribution is -2.26. The van der Waals surface area contributed by atoms with Gasteiger partial charge in [0.05, 0.1) is 17.6 Å². The molecule has 6 rings (SSSR count). The quantitative estimate of drug-likeness (QED) is 0.287. The number of halogens is 1. The van der Waals surface area contributed by atoms with Gasteiger partial charge >= 0.3 is 0 Å². The zero-order valence-corrected chi connectivity index (χ0v) is 22.1. The number of nitrogens with zero attached hydrogens (tertiary/aromatic N) is 3. The number of carbonyl (C=O) groups excluding carboxylic acids is 1. The Morgan fingerprint density at radius 3 is 2.74 bits per heavy atom. The number of hydrogen-bond donors (Lipinski definition) is 2. The number of aryl methyl sites for hydroxylation is 1. The number of ether oxygens (including phenoxy) is 1. The molecule has 1 saturated carbocycles. The number of benzene rings is 2. The zero-order valence-electron chi connectivity index (χ0n) is 21.2. The maximum Gasteiger partial charge on any atom is 0.251 e. The van der Waals surface area contributed by atoms with Crippen LogP contribution in [0.3, 0.4) is 0 Å². The van der Waals surface area contributed by atoms with Gasteiger partial charge in [-0.1, -0.05) is 12.1 Å². The van der Waals surface area contributed by atoms with Crippen LogP contribution < -0.4 is 15.4 Å². The average Bonchev–Trinajstić information content (AvgIpc) is 3.63.